The molecule has 2 N–H and O–H groups in total. The van der Waals surface area contributed by atoms with Gasteiger partial charge in [0.25, 0.3) is 5.91 Å². The van der Waals surface area contributed by atoms with Crippen molar-refractivity contribution in [1.29, 1.82) is 0 Å². The first-order chi connectivity index (χ1) is 15.6. The van der Waals surface area contributed by atoms with Gasteiger partial charge in [-0.2, -0.15) is 0 Å². The Hall–Kier alpha value is -3.55. The Morgan fingerprint density at radius 3 is 2.67 bits per heavy atom. The van der Waals surface area contributed by atoms with Gasteiger partial charge >= 0.3 is 0 Å². The van der Waals surface area contributed by atoms with Crippen molar-refractivity contribution < 1.29 is 22.0 Å². The number of aryl methyl sites for hydroxylation is 1. The van der Waals surface area contributed by atoms with Gasteiger partial charge in [-0.25, -0.2) is 0 Å². The molecule has 2 aliphatic rings. The molecule has 3 heterocycles. The predicted octanol–water partition coefficient (Wildman–Crippen LogP) is 3.20. The Balaban J connectivity index is 0.00000216. The van der Waals surface area contributed by atoms with Crippen LogP contribution in [0.5, 0.6) is 0 Å². The number of piperidine rings is 1. The molecule has 1 fully saturated rings. The number of carbonyl (C=O) groups is 4. The lowest BCUT2D eigenvalue weighted by atomic mass is 9.92. The van der Waals surface area contributed by atoms with Crippen LogP contribution in [0.15, 0.2) is 36.5 Å². The molecule has 8 nitrogen and oxygen atoms in total. The fraction of sp³-hybridized carbons (Fsp3) is 0.400. The summed E-state index contributed by atoms with van der Waals surface area (Å²) in [6.07, 6.45) is 2.98. The van der Waals surface area contributed by atoms with Gasteiger partial charge < -0.3 is 10.2 Å². The molecule has 0 saturated carbocycles. The van der Waals surface area contributed by atoms with Crippen molar-refractivity contribution in [1.82, 2.24) is 15.2 Å². The summed E-state index contributed by atoms with van der Waals surface area (Å²) < 4.78 is 0. The Kier molecular flexibility index (Phi) is 6.01. The third kappa shape index (κ3) is 4.94. The quantitative estimate of drug-likeness (QED) is 0.677. The second-order valence-electron chi connectivity index (χ2n) is 9.62. The largest absolute Gasteiger partial charge is 0.325 e. The number of hydrogen-bond donors (Lipinski definition) is 2. The molecule has 1 aromatic heterocycles. The highest BCUT2D eigenvalue weighted by Gasteiger charge is 2.39. The highest BCUT2D eigenvalue weighted by Crippen LogP contribution is 2.28. The molecule has 4 amide bonds. The van der Waals surface area contributed by atoms with Crippen LogP contribution in [0.2, 0.25) is 0 Å². The molecule has 1 unspecified atom stereocenters. The van der Waals surface area contributed by atoms with Gasteiger partial charge in [-0.05, 0) is 42.2 Å². The van der Waals surface area contributed by atoms with E-state index >= 15 is 0 Å². The molecule has 1 atom stereocenters. The molecule has 0 spiro atoms. The summed E-state index contributed by atoms with van der Waals surface area (Å²) in [5, 5.41) is 5.17. The molecule has 2 aliphatic heterocycles. The normalized spacial score (nSPS) is 18.2. The summed E-state index contributed by atoms with van der Waals surface area (Å²) in [6.45, 7) is 6.59. The number of anilines is 1. The minimum absolute atomic E-state index is 0. The van der Waals surface area contributed by atoms with E-state index in [1.807, 2.05) is 24.3 Å². The van der Waals surface area contributed by atoms with E-state index in [1.165, 1.54) is 4.90 Å². The van der Waals surface area contributed by atoms with E-state index < -0.39 is 11.9 Å². The van der Waals surface area contributed by atoms with E-state index in [-0.39, 0.29) is 38.8 Å². The molecular formula is C25H32N4O4. The van der Waals surface area contributed by atoms with Crippen LogP contribution in [0.3, 0.4) is 0 Å². The molecule has 1 saturated heterocycles. The van der Waals surface area contributed by atoms with Gasteiger partial charge in [0.05, 0.1) is 11.9 Å². The Morgan fingerprint density at radius 2 is 2.00 bits per heavy atom. The van der Waals surface area contributed by atoms with E-state index in [0.29, 0.717) is 30.6 Å². The topological polar surface area (TPSA) is 108 Å². The van der Waals surface area contributed by atoms with Gasteiger partial charge in [0.2, 0.25) is 17.7 Å². The first kappa shape index (κ1) is 22.6. The molecule has 4 rings (SSSR count). The lowest BCUT2D eigenvalue weighted by Crippen LogP contribution is -2.52. The van der Waals surface area contributed by atoms with Crippen LogP contribution in [-0.2, 0) is 32.8 Å². The van der Waals surface area contributed by atoms with Gasteiger partial charge in [0.1, 0.15) is 6.04 Å². The molecule has 2 aromatic rings. The van der Waals surface area contributed by atoms with Gasteiger partial charge in [-0.3, -0.25) is 29.5 Å². The van der Waals surface area contributed by atoms with Crippen molar-refractivity contribution in [2.45, 2.75) is 64.5 Å². The maximum Gasteiger partial charge on any atom is 0.255 e. The van der Waals surface area contributed by atoms with Crippen molar-refractivity contribution in [2.75, 3.05) is 5.32 Å². The van der Waals surface area contributed by atoms with Crippen LogP contribution in [0.1, 0.15) is 70.1 Å². The highest BCUT2D eigenvalue weighted by molar-refractivity contribution is 6.05. The number of aromatic nitrogens is 1. The van der Waals surface area contributed by atoms with Crippen molar-refractivity contribution in [2.24, 2.45) is 0 Å². The molecule has 0 bridgehead atoms. The van der Waals surface area contributed by atoms with Gasteiger partial charge in [0.15, 0.2) is 0 Å². The summed E-state index contributed by atoms with van der Waals surface area (Å²) in [5.74, 6) is -1.07. The van der Waals surface area contributed by atoms with Crippen molar-refractivity contribution >= 4 is 29.3 Å². The molecule has 8 heteroatoms. The number of nitrogens with one attached hydrogen (secondary N) is 2. The molecule has 0 aliphatic carbocycles. The van der Waals surface area contributed by atoms with Crippen LogP contribution in [-0.4, -0.2) is 39.6 Å². The lowest BCUT2D eigenvalue weighted by molar-refractivity contribution is -0.137. The summed E-state index contributed by atoms with van der Waals surface area (Å²) in [5.41, 5.74) is 3.83. The summed E-state index contributed by atoms with van der Waals surface area (Å²) in [4.78, 5) is 54.9. The van der Waals surface area contributed by atoms with Crippen molar-refractivity contribution in [3.63, 3.8) is 0 Å². The average molecular weight is 453 g/mol. The van der Waals surface area contributed by atoms with Gasteiger partial charge in [-0.15, -0.1) is 0 Å². The summed E-state index contributed by atoms with van der Waals surface area (Å²) in [6, 6.07) is 8.72. The Morgan fingerprint density at radius 1 is 1.21 bits per heavy atom. The van der Waals surface area contributed by atoms with Crippen molar-refractivity contribution in [3.05, 3.63) is 58.9 Å². The smallest absolute Gasteiger partial charge is 0.255 e. The fourth-order valence-corrected chi connectivity index (χ4v) is 4.15. The van der Waals surface area contributed by atoms with E-state index in [4.69, 9.17) is 0 Å². The predicted molar refractivity (Wildman–Crippen MR) is 127 cm³/mol. The first-order valence-corrected chi connectivity index (χ1v) is 11.1. The number of pyridine rings is 1. The number of benzene rings is 1. The van der Waals surface area contributed by atoms with E-state index in [9.17, 15) is 19.2 Å². The fourth-order valence-electron chi connectivity index (χ4n) is 4.15. The van der Waals surface area contributed by atoms with Crippen LogP contribution in [0.4, 0.5) is 5.69 Å². The van der Waals surface area contributed by atoms with Crippen LogP contribution in [0, 0.1) is 0 Å². The van der Waals surface area contributed by atoms with Crippen LogP contribution < -0.4 is 10.6 Å². The lowest BCUT2D eigenvalue weighted by Gasteiger charge is -2.29. The number of nitrogens with zero attached hydrogens (tertiary/aromatic N) is 2. The third-order valence-corrected chi connectivity index (χ3v) is 6.05. The molecule has 33 heavy (non-hydrogen) atoms. The minimum Gasteiger partial charge on any atom is -0.325 e. The van der Waals surface area contributed by atoms with Crippen LogP contribution in [0.25, 0.3) is 0 Å². The molecule has 176 valence electrons. The number of hydrogen-bond acceptors (Lipinski definition) is 5. The molecule has 1 aromatic carbocycles. The number of fused-ring (bicyclic) bond motifs is 1. The van der Waals surface area contributed by atoms with E-state index in [2.05, 4.69) is 36.4 Å². The molecular weight excluding hydrogens is 420 g/mol. The third-order valence-electron chi connectivity index (χ3n) is 6.05. The van der Waals surface area contributed by atoms with E-state index in [1.54, 1.807) is 12.3 Å². The zero-order valence-corrected chi connectivity index (χ0v) is 19.1. The van der Waals surface area contributed by atoms with Gasteiger partial charge in [-0.1, -0.05) is 32.9 Å². The maximum atomic E-state index is 12.9. The average Bonchev–Trinajstić information content (AvgIpc) is 3.08. The zero-order chi connectivity index (χ0) is 23.8. The van der Waals surface area contributed by atoms with Gasteiger partial charge in [0, 0.05) is 38.9 Å². The maximum absolute atomic E-state index is 12.9. The highest BCUT2D eigenvalue weighted by atomic mass is 16.2. The number of rotatable bonds is 5. The van der Waals surface area contributed by atoms with Crippen LogP contribution >= 0.6 is 0 Å². The Bertz CT molecular complexity index is 1130. The second-order valence-corrected chi connectivity index (χ2v) is 9.62. The van der Waals surface area contributed by atoms with E-state index in [0.717, 1.165) is 16.8 Å². The monoisotopic (exact) mass is 452 g/mol. The first-order valence-electron chi connectivity index (χ1n) is 11.1. The summed E-state index contributed by atoms with van der Waals surface area (Å²) >= 11 is 0. The second kappa shape index (κ2) is 8.77. The zero-order valence-electron chi connectivity index (χ0n) is 19.1. The molecule has 0 radical (unpaired) electrons. The number of imide groups is 1. The Labute approximate surface area is 195 Å². The standard InChI is InChI=1S/C25H28N4O4.2H2/c1-25(2,3)20-9-7-17(13-26-20)27-21(30)10-5-15-4-6-16-14-29(24(33)18(16)12-15)19-8-11-22(31)28-23(19)32;;/h4,6-7,9,12-13,19H,5,8,10-11,14H2,1-3H3,(H,27,30)(H,28,31,32);2*1H. The SMILES string of the molecule is CC(C)(C)c1ccc(NC(=O)CCc2ccc3c(c2)C(=O)N(C2CCC(=O)NC2=O)C3)cn1.[HH].[HH]. The number of carbonyl (C=O) groups excluding carboxylic acids is 4. The minimum atomic E-state index is -0.630. The van der Waals surface area contributed by atoms with Crippen molar-refractivity contribution in [3.8, 4) is 0 Å². The number of amides is 4. The summed E-state index contributed by atoms with van der Waals surface area (Å²) in [7, 11) is 0.